The number of benzene rings is 1. The number of hydrogen-bond acceptors (Lipinski definition) is 5. The summed E-state index contributed by atoms with van der Waals surface area (Å²) in [6.07, 6.45) is 2.62. The Bertz CT molecular complexity index is 769. The van der Waals surface area contributed by atoms with Gasteiger partial charge < -0.3 is 9.88 Å². The molecule has 0 bridgehead atoms. The average Bonchev–Trinajstić information content (AvgIpc) is 3.10. The molecule has 3 aromatic rings. The van der Waals surface area contributed by atoms with Crippen molar-refractivity contribution in [1.82, 2.24) is 25.1 Å². The smallest absolute Gasteiger partial charge is 0.282 e. The van der Waals surface area contributed by atoms with Gasteiger partial charge in [0, 0.05) is 13.1 Å². The number of imidazole rings is 1. The zero-order valence-corrected chi connectivity index (χ0v) is 12.6. The average molecular weight is 322 g/mol. The van der Waals surface area contributed by atoms with E-state index in [-0.39, 0.29) is 15.4 Å². The van der Waals surface area contributed by atoms with Gasteiger partial charge in [-0.3, -0.25) is 4.79 Å². The highest BCUT2D eigenvalue weighted by Crippen LogP contribution is 2.14. The van der Waals surface area contributed by atoms with Crippen molar-refractivity contribution in [2.75, 3.05) is 6.54 Å². The Labute approximate surface area is 129 Å². The number of halogens is 1. The number of para-hydroxylation sites is 2. The van der Waals surface area contributed by atoms with Crippen LogP contribution in [0.1, 0.15) is 16.2 Å². The van der Waals surface area contributed by atoms with Crippen molar-refractivity contribution in [3.05, 3.63) is 40.1 Å². The molecule has 2 aromatic heterocycles. The summed E-state index contributed by atoms with van der Waals surface area (Å²) in [5, 5.41) is 10.4. The second-order valence-corrected chi connectivity index (χ2v) is 5.96. The van der Waals surface area contributed by atoms with Gasteiger partial charge in [0.25, 0.3) is 5.91 Å². The van der Waals surface area contributed by atoms with Crippen LogP contribution >= 0.6 is 22.9 Å². The fraction of sp³-hybridized carbons (Fsp3) is 0.231. The molecule has 0 aliphatic rings. The van der Waals surface area contributed by atoms with E-state index in [9.17, 15) is 4.79 Å². The zero-order chi connectivity index (χ0) is 14.7. The van der Waals surface area contributed by atoms with Crippen molar-refractivity contribution in [3.8, 4) is 0 Å². The summed E-state index contributed by atoms with van der Waals surface area (Å²) >= 11 is 6.71. The molecule has 0 radical (unpaired) electrons. The second kappa shape index (κ2) is 6.19. The quantitative estimate of drug-likeness (QED) is 0.732. The van der Waals surface area contributed by atoms with Gasteiger partial charge in [-0.25, -0.2) is 4.98 Å². The van der Waals surface area contributed by atoms with Crippen molar-refractivity contribution >= 4 is 39.9 Å². The first-order valence-electron chi connectivity index (χ1n) is 6.41. The first kappa shape index (κ1) is 14.0. The number of aromatic nitrogens is 4. The summed E-state index contributed by atoms with van der Waals surface area (Å²) in [6, 6.07) is 7.96. The van der Waals surface area contributed by atoms with E-state index in [4.69, 9.17) is 11.6 Å². The zero-order valence-electron chi connectivity index (χ0n) is 11.0. The van der Waals surface area contributed by atoms with Crippen molar-refractivity contribution in [3.63, 3.8) is 0 Å². The van der Waals surface area contributed by atoms with Gasteiger partial charge in [-0.1, -0.05) is 23.5 Å². The van der Waals surface area contributed by atoms with Gasteiger partial charge in [0.1, 0.15) is 0 Å². The molecule has 0 fully saturated rings. The Morgan fingerprint density at radius 2 is 2.19 bits per heavy atom. The van der Waals surface area contributed by atoms with Crippen molar-refractivity contribution in [1.29, 1.82) is 0 Å². The van der Waals surface area contributed by atoms with Gasteiger partial charge in [-0.2, -0.15) is 0 Å². The number of carbonyl (C=O) groups is 1. The molecule has 1 N–H and O–H groups in total. The lowest BCUT2D eigenvalue weighted by Gasteiger charge is -2.05. The number of rotatable bonds is 5. The fourth-order valence-electron chi connectivity index (χ4n) is 2.01. The molecular weight excluding hydrogens is 310 g/mol. The molecule has 8 heteroatoms. The Balaban J connectivity index is 1.51. The molecule has 0 aliphatic carbocycles. The summed E-state index contributed by atoms with van der Waals surface area (Å²) in [5.41, 5.74) is 2.07. The van der Waals surface area contributed by atoms with E-state index in [1.165, 1.54) is 0 Å². The lowest BCUT2D eigenvalue weighted by molar-refractivity contribution is 0.0951. The Kier molecular flexibility index (Phi) is 4.12. The molecule has 0 spiro atoms. The van der Waals surface area contributed by atoms with E-state index in [0.717, 1.165) is 35.3 Å². The molecule has 0 atom stereocenters. The number of carbonyl (C=O) groups excluding carboxylic acids is 1. The maximum absolute atomic E-state index is 11.8. The minimum atomic E-state index is -0.241. The van der Waals surface area contributed by atoms with Gasteiger partial charge in [0.05, 0.1) is 17.4 Å². The molecule has 108 valence electrons. The lowest BCUT2D eigenvalue weighted by Crippen LogP contribution is -2.25. The van der Waals surface area contributed by atoms with E-state index >= 15 is 0 Å². The van der Waals surface area contributed by atoms with Crippen molar-refractivity contribution in [2.45, 2.75) is 13.0 Å². The van der Waals surface area contributed by atoms with E-state index in [0.29, 0.717) is 6.54 Å². The van der Waals surface area contributed by atoms with Crippen molar-refractivity contribution in [2.24, 2.45) is 0 Å². The van der Waals surface area contributed by atoms with E-state index in [2.05, 4.69) is 25.1 Å². The molecule has 0 saturated heterocycles. The van der Waals surface area contributed by atoms with Gasteiger partial charge in [-0.15, -0.1) is 10.2 Å². The van der Waals surface area contributed by atoms with E-state index in [1.54, 1.807) is 0 Å². The monoisotopic (exact) mass is 321 g/mol. The SMILES string of the molecule is O=C(NCCCn1cnc2ccccc21)c1nnc(Cl)s1. The summed E-state index contributed by atoms with van der Waals surface area (Å²) in [6.45, 7) is 1.35. The number of fused-ring (bicyclic) bond motifs is 1. The van der Waals surface area contributed by atoms with Crippen LogP contribution in [0.2, 0.25) is 4.47 Å². The first-order chi connectivity index (χ1) is 10.2. The van der Waals surface area contributed by atoms with Gasteiger partial charge >= 0.3 is 0 Å². The molecule has 0 aliphatic heterocycles. The highest BCUT2D eigenvalue weighted by atomic mass is 35.5. The Morgan fingerprint density at radius 1 is 1.33 bits per heavy atom. The topological polar surface area (TPSA) is 72.7 Å². The number of nitrogens with zero attached hydrogens (tertiary/aromatic N) is 4. The third kappa shape index (κ3) is 3.20. The molecule has 6 nitrogen and oxygen atoms in total. The van der Waals surface area contributed by atoms with Crippen molar-refractivity contribution < 1.29 is 4.79 Å². The standard InChI is InChI=1S/C13H12ClN5OS/c14-13-18-17-12(21-13)11(20)15-6-3-7-19-8-16-9-4-1-2-5-10(9)19/h1-2,4-5,8H,3,6-7H2,(H,15,20). The maximum atomic E-state index is 11.8. The van der Waals surface area contributed by atoms with Crippen LogP contribution in [0.4, 0.5) is 0 Å². The van der Waals surface area contributed by atoms with Crippen LogP contribution in [-0.2, 0) is 6.54 Å². The maximum Gasteiger partial charge on any atom is 0.282 e. The Morgan fingerprint density at radius 3 is 3.00 bits per heavy atom. The first-order valence-corrected chi connectivity index (χ1v) is 7.60. The second-order valence-electron chi connectivity index (χ2n) is 4.40. The predicted octanol–water partition coefficient (Wildman–Crippen LogP) is 2.36. The van der Waals surface area contributed by atoms with Crippen LogP contribution in [0.3, 0.4) is 0 Å². The summed E-state index contributed by atoms with van der Waals surface area (Å²) in [7, 11) is 0. The van der Waals surface area contributed by atoms with Gasteiger partial charge in [-0.05, 0) is 30.2 Å². The largest absolute Gasteiger partial charge is 0.350 e. The van der Waals surface area contributed by atoms with Crippen LogP contribution in [-0.4, -0.2) is 32.2 Å². The normalized spacial score (nSPS) is 10.9. The third-order valence-corrected chi connectivity index (χ3v) is 4.00. The highest BCUT2D eigenvalue weighted by molar-refractivity contribution is 7.17. The summed E-state index contributed by atoms with van der Waals surface area (Å²) in [4.78, 5) is 16.1. The van der Waals surface area contributed by atoms with Gasteiger partial charge in [0.2, 0.25) is 9.47 Å². The number of amides is 1. The molecule has 0 saturated carbocycles. The third-order valence-electron chi connectivity index (χ3n) is 2.98. The molecule has 1 aromatic carbocycles. The van der Waals surface area contributed by atoms with Crippen LogP contribution in [0.25, 0.3) is 11.0 Å². The van der Waals surface area contributed by atoms with Crippen LogP contribution in [0.5, 0.6) is 0 Å². The van der Waals surface area contributed by atoms with Crippen LogP contribution < -0.4 is 5.32 Å². The molecule has 21 heavy (non-hydrogen) atoms. The number of aryl methyl sites for hydroxylation is 1. The van der Waals surface area contributed by atoms with Crippen LogP contribution in [0.15, 0.2) is 30.6 Å². The summed E-state index contributed by atoms with van der Waals surface area (Å²) in [5.74, 6) is -0.241. The molecule has 0 unspecified atom stereocenters. The fourth-order valence-corrected chi connectivity index (χ4v) is 2.76. The van der Waals surface area contributed by atoms with E-state index in [1.807, 2.05) is 30.6 Å². The molecular formula is C13H12ClN5OS. The predicted molar refractivity (Wildman–Crippen MR) is 81.6 cm³/mol. The number of nitrogens with one attached hydrogen (secondary N) is 1. The molecule has 3 rings (SSSR count). The molecule has 2 heterocycles. The highest BCUT2D eigenvalue weighted by Gasteiger charge is 2.11. The van der Waals surface area contributed by atoms with Crippen LogP contribution in [0, 0.1) is 0 Å². The van der Waals surface area contributed by atoms with Gasteiger partial charge in [0.15, 0.2) is 0 Å². The van der Waals surface area contributed by atoms with E-state index < -0.39 is 0 Å². The summed E-state index contributed by atoms with van der Waals surface area (Å²) < 4.78 is 2.34. The number of hydrogen-bond donors (Lipinski definition) is 1. The minimum Gasteiger partial charge on any atom is -0.350 e. The Hall–Kier alpha value is -1.99. The lowest BCUT2D eigenvalue weighted by atomic mass is 10.3. The minimum absolute atomic E-state index is 0.241. The molecule has 1 amide bonds.